The lowest BCUT2D eigenvalue weighted by Gasteiger charge is -2.35. The molecule has 2 heterocycles. The number of aromatic nitrogens is 2. The number of piperidine rings is 1. The number of benzene rings is 2. The number of nitrogens with zero attached hydrogens (tertiary/aromatic N) is 2. The van der Waals surface area contributed by atoms with Gasteiger partial charge in [0.1, 0.15) is 5.82 Å². The van der Waals surface area contributed by atoms with E-state index in [-0.39, 0.29) is 11.9 Å². The van der Waals surface area contributed by atoms with Crippen molar-refractivity contribution in [3.63, 3.8) is 0 Å². The van der Waals surface area contributed by atoms with Crippen molar-refractivity contribution in [3.8, 4) is 11.4 Å². The summed E-state index contributed by atoms with van der Waals surface area (Å²) in [5.41, 5.74) is 9.40. The van der Waals surface area contributed by atoms with E-state index in [0.29, 0.717) is 12.1 Å². The van der Waals surface area contributed by atoms with E-state index in [1.807, 2.05) is 53.4 Å². The number of hydrogen-bond acceptors (Lipinski definition) is 3. The van der Waals surface area contributed by atoms with Crippen molar-refractivity contribution in [1.29, 1.82) is 0 Å². The smallest absolute Gasteiger partial charge is 0.254 e. The molecule has 4 rings (SSSR count). The third-order valence-electron chi connectivity index (χ3n) is 4.93. The van der Waals surface area contributed by atoms with Gasteiger partial charge in [-0.1, -0.05) is 24.3 Å². The van der Waals surface area contributed by atoms with Crippen molar-refractivity contribution in [2.45, 2.75) is 25.3 Å². The van der Waals surface area contributed by atoms with E-state index in [1.54, 1.807) is 0 Å². The first-order valence-electron chi connectivity index (χ1n) is 8.82. The number of likely N-dealkylation sites (tertiary alicyclic amines) is 1. The van der Waals surface area contributed by atoms with Crippen LogP contribution in [0.3, 0.4) is 0 Å². The summed E-state index contributed by atoms with van der Waals surface area (Å²) >= 11 is 0. The highest BCUT2D eigenvalue weighted by Gasteiger charge is 2.26. The second kappa shape index (κ2) is 6.69. The topological polar surface area (TPSA) is 75.0 Å². The molecule has 1 aliphatic rings. The summed E-state index contributed by atoms with van der Waals surface area (Å²) < 4.78 is 0. The van der Waals surface area contributed by atoms with E-state index in [0.717, 1.165) is 48.2 Å². The molecular formula is C20H22N4O. The largest absolute Gasteiger partial charge is 0.338 e. The van der Waals surface area contributed by atoms with Gasteiger partial charge in [-0.3, -0.25) is 4.79 Å². The Hall–Kier alpha value is -2.66. The minimum Gasteiger partial charge on any atom is -0.338 e. The van der Waals surface area contributed by atoms with E-state index in [9.17, 15) is 4.79 Å². The van der Waals surface area contributed by atoms with Crippen molar-refractivity contribution < 1.29 is 4.79 Å². The summed E-state index contributed by atoms with van der Waals surface area (Å²) in [7, 11) is 0. The quantitative estimate of drug-likeness (QED) is 0.772. The molecule has 1 aromatic heterocycles. The van der Waals surface area contributed by atoms with Gasteiger partial charge in [0.25, 0.3) is 5.91 Å². The highest BCUT2D eigenvalue weighted by Crippen LogP contribution is 2.24. The van der Waals surface area contributed by atoms with Crippen LogP contribution in [0.5, 0.6) is 0 Å². The van der Waals surface area contributed by atoms with Crippen LogP contribution in [-0.4, -0.2) is 39.9 Å². The summed E-state index contributed by atoms with van der Waals surface area (Å²) in [5, 5.41) is 0. The average molecular weight is 334 g/mol. The molecule has 3 N–H and O–H groups in total. The molecule has 0 saturated carbocycles. The molecule has 2 aromatic carbocycles. The average Bonchev–Trinajstić information content (AvgIpc) is 3.12. The zero-order chi connectivity index (χ0) is 17.2. The maximum atomic E-state index is 13.0. The molecule has 1 unspecified atom stereocenters. The molecule has 5 nitrogen and oxygen atoms in total. The van der Waals surface area contributed by atoms with Crippen molar-refractivity contribution >= 4 is 16.9 Å². The summed E-state index contributed by atoms with van der Waals surface area (Å²) in [6.07, 6.45) is 3.18. The fourth-order valence-corrected chi connectivity index (χ4v) is 3.57. The molecule has 1 aliphatic heterocycles. The Morgan fingerprint density at radius 2 is 2.08 bits per heavy atom. The standard InChI is InChI=1S/C20H22N4O/c21-13-16-8-3-4-11-24(16)20(25)15-7-5-6-14(12-15)19-22-17-9-1-2-10-18(17)23-19/h1-2,5-7,9-10,12,16H,3-4,8,11,13,21H2,(H,22,23). The van der Waals surface area contributed by atoms with Crippen LogP contribution in [0.15, 0.2) is 48.5 Å². The van der Waals surface area contributed by atoms with E-state index < -0.39 is 0 Å². The van der Waals surface area contributed by atoms with E-state index in [1.165, 1.54) is 0 Å². The first-order chi connectivity index (χ1) is 12.3. The monoisotopic (exact) mass is 334 g/mol. The number of nitrogens with one attached hydrogen (secondary N) is 1. The minimum atomic E-state index is 0.0631. The summed E-state index contributed by atoms with van der Waals surface area (Å²) in [4.78, 5) is 22.8. The van der Waals surface area contributed by atoms with E-state index in [2.05, 4.69) is 9.97 Å². The predicted octanol–water partition coefficient (Wildman–Crippen LogP) is 3.18. The van der Waals surface area contributed by atoms with E-state index in [4.69, 9.17) is 5.73 Å². The number of fused-ring (bicyclic) bond motifs is 1. The normalized spacial score (nSPS) is 17.8. The fourth-order valence-electron chi connectivity index (χ4n) is 3.57. The van der Waals surface area contributed by atoms with E-state index >= 15 is 0 Å². The third-order valence-corrected chi connectivity index (χ3v) is 4.93. The maximum absolute atomic E-state index is 13.0. The number of imidazole rings is 1. The number of carbonyl (C=O) groups excluding carboxylic acids is 1. The summed E-state index contributed by atoms with van der Waals surface area (Å²) in [6, 6.07) is 15.8. The van der Waals surface area contributed by atoms with Crippen LogP contribution >= 0.6 is 0 Å². The highest BCUT2D eigenvalue weighted by atomic mass is 16.2. The van der Waals surface area contributed by atoms with Gasteiger partial charge in [0.15, 0.2) is 0 Å². The van der Waals surface area contributed by atoms with Gasteiger partial charge in [-0.05, 0) is 43.5 Å². The Kier molecular flexibility index (Phi) is 4.24. The predicted molar refractivity (Wildman–Crippen MR) is 99.3 cm³/mol. The lowest BCUT2D eigenvalue weighted by Crippen LogP contribution is -2.47. The summed E-state index contributed by atoms with van der Waals surface area (Å²) in [5.74, 6) is 0.845. The minimum absolute atomic E-state index is 0.0631. The summed E-state index contributed by atoms with van der Waals surface area (Å²) in [6.45, 7) is 1.31. The molecule has 1 amide bonds. The molecule has 5 heteroatoms. The molecule has 0 aliphatic carbocycles. The van der Waals surface area contributed by atoms with Gasteiger partial charge >= 0.3 is 0 Å². The number of nitrogens with two attached hydrogens (primary N) is 1. The van der Waals surface area contributed by atoms with Crippen molar-refractivity contribution in [2.75, 3.05) is 13.1 Å². The Morgan fingerprint density at radius 1 is 1.20 bits per heavy atom. The molecule has 1 saturated heterocycles. The molecule has 25 heavy (non-hydrogen) atoms. The molecule has 128 valence electrons. The van der Waals surface area contributed by atoms with Crippen molar-refractivity contribution in [3.05, 3.63) is 54.1 Å². The van der Waals surface area contributed by atoms with Gasteiger partial charge in [0.05, 0.1) is 11.0 Å². The number of para-hydroxylation sites is 2. The lowest BCUT2D eigenvalue weighted by molar-refractivity contribution is 0.0623. The van der Waals surface area contributed by atoms with Crippen molar-refractivity contribution in [1.82, 2.24) is 14.9 Å². The first-order valence-corrected chi connectivity index (χ1v) is 8.82. The molecular weight excluding hydrogens is 312 g/mol. The van der Waals surface area contributed by atoms with Gasteiger partial charge < -0.3 is 15.6 Å². The second-order valence-electron chi connectivity index (χ2n) is 6.57. The van der Waals surface area contributed by atoms with Gasteiger partial charge in [-0.15, -0.1) is 0 Å². The van der Waals surface area contributed by atoms with Gasteiger partial charge in [0.2, 0.25) is 0 Å². The molecule has 1 fully saturated rings. The zero-order valence-corrected chi connectivity index (χ0v) is 14.1. The number of H-pyrrole nitrogens is 1. The molecule has 1 atom stereocenters. The van der Waals surface area contributed by atoms with Crippen LogP contribution in [0.2, 0.25) is 0 Å². The van der Waals surface area contributed by atoms with Crippen LogP contribution in [0, 0.1) is 0 Å². The Morgan fingerprint density at radius 3 is 2.92 bits per heavy atom. The van der Waals surface area contributed by atoms with Gasteiger partial charge in [-0.25, -0.2) is 4.98 Å². The van der Waals surface area contributed by atoms with Crippen LogP contribution in [0.1, 0.15) is 29.6 Å². The number of aromatic amines is 1. The molecule has 0 spiro atoms. The number of carbonyl (C=O) groups is 1. The highest BCUT2D eigenvalue weighted by molar-refractivity contribution is 5.95. The SMILES string of the molecule is NCC1CCCCN1C(=O)c1cccc(-c2nc3ccccc3[nH]2)c1. The van der Waals surface area contributed by atoms with Crippen LogP contribution in [-0.2, 0) is 0 Å². The number of amides is 1. The number of hydrogen-bond donors (Lipinski definition) is 2. The van der Waals surface area contributed by atoms with Crippen LogP contribution in [0.25, 0.3) is 22.4 Å². The van der Waals surface area contributed by atoms with Gasteiger partial charge in [0, 0.05) is 30.3 Å². The van der Waals surface area contributed by atoms with Gasteiger partial charge in [-0.2, -0.15) is 0 Å². The Bertz CT molecular complexity index is 868. The lowest BCUT2D eigenvalue weighted by atomic mass is 10.0. The van der Waals surface area contributed by atoms with Crippen LogP contribution in [0.4, 0.5) is 0 Å². The first kappa shape index (κ1) is 15.8. The fraction of sp³-hybridized carbons (Fsp3) is 0.300. The van der Waals surface area contributed by atoms with Crippen molar-refractivity contribution in [2.24, 2.45) is 5.73 Å². The van der Waals surface area contributed by atoms with Crippen LogP contribution < -0.4 is 5.73 Å². The maximum Gasteiger partial charge on any atom is 0.254 e. The molecule has 3 aromatic rings. The molecule has 0 radical (unpaired) electrons. The zero-order valence-electron chi connectivity index (χ0n) is 14.1. The Balaban J connectivity index is 1.65. The third kappa shape index (κ3) is 3.03. The number of rotatable bonds is 3. The Labute approximate surface area is 146 Å². The second-order valence-corrected chi connectivity index (χ2v) is 6.57. The molecule has 0 bridgehead atoms.